The van der Waals surface area contributed by atoms with Crippen LogP contribution in [0.15, 0.2) is 24.3 Å². The summed E-state index contributed by atoms with van der Waals surface area (Å²) in [6.45, 7) is 6.98. The maximum Gasteiger partial charge on any atom is 0.118 e. The van der Waals surface area contributed by atoms with Crippen molar-refractivity contribution in [1.82, 2.24) is 10.3 Å². The van der Waals surface area contributed by atoms with Gasteiger partial charge < -0.3 is 4.74 Å². The van der Waals surface area contributed by atoms with Crippen LogP contribution in [0.2, 0.25) is 0 Å². The smallest absolute Gasteiger partial charge is 0.118 e. The number of hydrogen-bond donors (Lipinski definition) is 2. The number of benzene rings is 1. The fraction of sp³-hybridized carbons (Fsp3) is 0.647. The molecule has 0 aromatic heterocycles. The molecule has 1 aliphatic rings. The molecule has 2 rings (SSSR count). The number of methoxy groups -OCH3 is 1. The van der Waals surface area contributed by atoms with Crippen molar-refractivity contribution in [3.05, 3.63) is 29.8 Å². The Morgan fingerprint density at radius 3 is 2.38 bits per heavy atom. The Morgan fingerprint density at radius 1 is 1.24 bits per heavy atom. The number of likely N-dealkylation sites (tertiary alicyclic amines) is 1. The Balaban J connectivity index is 1.94. The van der Waals surface area contributed by atoms with Crippen LogP contribution in [0, 0.1) is 0 Å². The normalized spacial score (nSPS) is 17.9. The maximum absolute atomic E-state index is 5.84. The van der Waals surface area contributed by atoms with E-state index in [2.05, 4.69) is 36.3 Å². The lowest BCUT2D eigenvalue weighted by atomic mass is 9.88. The van der Waals surface area contributed by atoms with Crippen LogP contribution in [0.3, 0.4) is 0 Å². The third-order valence-electron chi connectivity index (χ3n) is 4.86. The molecule has 1 atom stereocenters. The Labute approximate surface area is 128 Å². The molecule has 1 unspecified atom stereocenters. The number of nitrogens with two attached hydrogens (primary N) is 1. The van der Waals surface area contributed by atoms with Crippen LogP contribution in [-0.2, 0) is 6.42 Å². The molecular weight excluding hydrogens is 262 g/mol. The SMILES string of the molecule is COc1ccc(CCC(NN)C(C)(C)N2CCCC2)cc1. The van der Waals surface area contributed by atoms with E-state index < -0.39 is 0 Å². The van der Waals surface area contributed by atoms with Gasteiger partial charge in [-0.3, -0.25) is 16.2 Å². The first kappa shape index (κ1) is 16.3. The first-order chi connectivity index (χ1) is 10.1. The molecule has 0 spiro atoms. The molecule has 0 radical (unpaired) electrons. The minimum absolute atomic E-state index is 0.0950. The number of ether oxygens (including phenoxy) is 1. The third-order valence-corrected chi connectivity index (χ3v) is 4.86. The van der Waals surface area contributed by atoms with E-state index in [0.29, 0.717) is 0 Å². The molecule has 118 valence electrons. The molecule has 0 aliphatic carbocycles. The fourth-order valence-corrected chi connectivity index (χ4v) is 3.26. The van der Waals surface area contributed by atoms with Gasteiger partial charge in [-0.1, -0.05) is 12.1 Å². The molecule has 1 aromatic rings. The number of rotatable bonds is 7. The molecule has 0 amide bonds. The quantitative estimate of drug-likeness (QED) is 0.598. The molecular formula is C17H29N3O. The van der Waals surface area contributed by atoms with Crippen LogP contribution in [-0.4, -0.2) is 36.7 Å². The number of aryl methyl sites for hydroxylation is 1. The molecule has 1 aliphatic heterocycles. The molecule has 1 fully saturated rings. The second kappa shape index (κ2) is 7.25. The first-order valence-corrected chi connectivity index (χ1v) is 7.92. The zero-order valence-electron chi connectivity index (χ0n) is 13.6. The van der Waals surface area contributed by atoms with Gasteiger partial charge in [0.2, 0.25) is 0 Å². The largest absolute Gasteiger partial charge is 0.497 e. The van der Waals surface area contributed by atoms with Gasteiger partial charge in [0.25, 0.3) is 0 Å². The van der Waals surface area contributed by atoms with Crippen molar-refractivity contribution < 1.29 is 4.74 Å². The Kier molecular flexibility index (Phi) is 5.62. The van der Waals surface area contributed by atoms with E-state index in [0.717, 1.165) is 18.6 Å². The summed E-state index contributed by atoms with van der Waals surface area (Å²) < 4.78 is 5.20. The highest BCUT2D eigenvalue weighted by Gasteiger charge is 2.35. The highest BCUT2D eigenvalue weighted by molar-refractivity contribution is 5.27. The maximum atomic E-state index is 5.84. The molecule has 3 N–H and O–H groups in total. The second-order valence-corrected chi connectivity index (χ2v) is 6.45. The third kappa shape index (κ3) is 3.96. The van der Waals surface area contributed by atoms with Crippen LogP contribution in [0.1, 0.15) is 38.7 Å². The summed E-state index contributed by atoms with van der Waals surface area (Å²) in [5.74, 6) is 6.75. The average Bonchev–Trinajstić information content (AvgIpc) is 3.03. The molecule has 0 saturated carbocycles. The van der Waals surface area contributed by atoms with Gasteiger partial charge in [0.1, 0.15) is 5.75 Å². The van der Waals surface area contributed by atoms with E-state index in [1.807, 2.05) is 12.1 Å². The summed E-state index contributed by atoms with van der Waals surface area (Å²) in [6.07, 6.45) is 4.67. The van der Waals surface area contributed by atoms with E-state index in [1.54, 1.807) is 7.11 Å². The number of nitrogens with zero attached hydrogens (tertiary/aromatic N) is 1. The molecule has 0 bridgehead atoms. The van der Waals surface area contributed by atoms with E-state index in [-0.39, 0.29) is 11.6 Å². The van der Waals surface area contributed by atoms with E-state index in [4.69, 9.17) is 10.6 Å². The molecule has 21 heavy (non-hydrogen) atoms. The minimum atomic E-state index is 0.0950. The van der Waals surface area contributed by atoms with Crippen molar-refractivity contribution in [2.24, 2.45) is 5.84 Å². The first-order valence-electron chi connectivity index (χ1n) is 7.92. The van der Waals surface area contributed by atoms with Crippen LogP contribution in [0.4, 0.5) is 0 Å². The number of hydrazine groups is 1. The van der Waals surface area contributed by atoms with Gasteiger partial charge in [-0.05, 0) is 70.3 Å². The molecule has 1 heterocycles. The summed E-state index contributed by atoms with van der Waals surface area (Å²) in [5, 5.41) is 0. The van der Waals surface area contributed by atoms with E-state index >= 15 is 0 Å². The van der Waals surface area contributed by atoms with Gasteiger partial charge in [-0.15, -0.1) is 0 Å². The number of hydrogen-bond acceptors (Lipinski definition) is 4. The van der Waals surface area contributed by atoms with Crippen LogP contribution >= 0.6 is 0 Å². The molecule has 4 nitrogen and oxygen atoms in total. The van der Waals surface area contributed by atoms with E-state index in [1.165, 1.54) is 31.5 Å². The zero-order chi connectivity index (χ0) is 15.3. The molecule has 4 heteroatoms. The summed E-state index contributed by atoms with van der Waals surface area (Å²) in [6, 6.07) is 8.60. The average molecular weight is 291 g/mol. The minimum Gasteiger partial charge on any atom is -0.497 e. The van der Waals surface area contributed by atoms with Crippen LogP contribution in [0.5, 0.6) is 5.75 Å². The molecule has 1 aromatic carbocycles. The van der Waals surface area contributed by atoms with Crippen molar-refractivity contribution in [2.45, 2.75) is 51.1 Å². The predicted octanol–water partition coefficient (Wildman–Crippen LogP) is 2.33. The Hall–Kier alpha value is -1.10. The van der Waals surface area contributed by atoms with Crippen molar-refractivity contribution >= 4 is 0 Å². The van der Waals surface area contributed by atoms with Crippen molar-refractivity contribution in [3.63, 3.8) is 0 Å². The lowest BCUT2D eigenvalue weighted by Gasteiger charge is -2.42. The lowest BCUT2D eigenvalue weighted by Crippen LogP contribution is -2.58. The summed E-state index contributed by atoms with van der Waals surface area (Å²) in [5.41, 5.74) is 4.47. The van der Waals surface area contributed by atoms with Crippen LogP contribution < -0.4 is 16.0 Å². The van der Waals surface area contributed by atoms with Gasteiger partial charge in [0.15, 0.2) is 0 Å². The van der Waals surface area contributed by atoms with E-state index in [9.17, 15) is 0 Å². The second-order valence-electron chi connectivity index (χ2n) is 6.45. The van der Waals surface area contributed by atoms with Crippen molar-refractivity contribution in [1.29, 1.82) is 0 Å². The fourth-order valence-electron chi connectivity index (χ4n) is 3.26. The van der Waals surface area contributed by atoms with Gasteiger partial charge >= 0.3 is 0 Å². The zero-order valence-corrected chi connectivity index (χ0v) is 13.6. The predicted molar refractivity (Wildman–Crippen MR) is 87.3 cm³/mol. The summed E-state index contributed by atoms with van der Waals surface area (Å²) in [7, 11) is 1.70. The van der Waals surface area contributed by atoms with Crippen molar-refractivity contribution in [3.8, 4) is 5.75 Å². The summed E-state index contributed by atoms with van der Waals surface area (Å²) >= 11 is 0. The Bertz CT molecular complexity index is 424. The number of nitrogens with one attached hydrogen (secondary N) is 1. The topological polar surface area (TPSA) is 50.5 Å². The van der Waals surface area contributed by atoms with Gasteiger partial charge in [0.05, 0.1) is 7.11 Å². The standard InChI is InChI=1S/C17H29N3O/c1-17(2,20-12-4-5-13-20)16(19-18)11-8-14-6-9-15(21-3)10-7-14/h6-7,9-10,16,19H,4-5,8,11-13,18H2,1-3H3. The highest BCUT2D eigenvalue weighted by Crippen LogP contribution is 2.26. The van der Waals surface area contributed by atoms with Gasteiger partial charge in [-0.25, -0.2) is 0 Å². The Morgan fingerprint density at radius 2 is 1.86 bits per heavy atom. The molecule has 1 saturated heterocycles. The monoisotopic (exact) mass is 291 g/mol. The van der Waals surface area contributed by atoms with Crippen molar-refractivity contribution in [2.75, 3.05) is 20.2 Å². The lowest BCUT2D eigenvalue weighted by molar-refractivity contribution is 0.103. The summed E-state index contributed by atoms with van der Waals surface area (Å²) in [4.78, 5) is 2.56. The van der Waals surface area contributed by atoms with Gasteiger partial charge in [-0.2, -0.15) is 0 Å². The highest BCUT2D eigenvalue weighted by atomic mass is 16.5. The van der Waals surface area contributed by atoms with Crippen LogP contribution in [0.25, 0.3) is 0 Å². The van der Waals surface area contributed by atoms with Gasteiger partial charge in [0, 0.05) is 11.6 Å².